The molecule has 2 aromatic carbocycles. The zero-order valence-electron chi connectivity index (χ0n) is 13.4. The molecule has 0 aliphatic carbocycles. The number of alkyl halides is 3. The first-order valence-corrected chi connectivity index (χ1v) is 7.35. The molecule has 136 valence electrons. The number of benzene rings is 2. The van der Waals surface area contributed by atoms with E-state index in [4.69, 9.17) is 4.74 Å². The highest BCUT2D eigenvalue weighted by Gasteiger charge is 2.34. The number of hydrogen-bond acceptors (Lipinski definition) is 4. The fraction of sp³-hybridized carbons (Fsp3) is 0.188. The third-order valence-corrected chi connectivity index (χ3v) is 3.61. The Morgan fingerprint density at radius 3 is 2.46 bits per heavy atom. The van der Waals surface area contributed by atoms with Gasteiger partial charge in [-0.1, -0.05) is 18.2 Å². The molecule has 0 bridgehead atoms. The minimum Gasteiger partial charge on any atom is -0.488 e. The van der Waals surface area contributed by atoms with Crippen LogP contribution in [-0.4, -0.2) is 19.8 Å². The van der Waals surface area contributed by atoms with Crippen LogP contribution in [0.4, 0.5) is 17.6 Å². The molecular weight excluding hydrogens is 356 g/mol. The van der Waals surface area contributed by atoms with Crippen LogP contribution in [0.5, 0.6) is 5.75 Å². The van der Waals surface area contributed by atoms with Gasteiger partial charge in [-0.25, -0.2) is 9.18 Å². The van der Waals surface area contributed by atoms with Gasteiger partial charge >= 0.3 is 11.9 Å². The lowest BCUT2D eigenvalue weighted by Gasteiger charge is -2.15. The van der Waals surface area contributed by atoms with Crippen LogP contribution in [-0.2, 0) is 19.8 Å². The Morgan fingerprint density at radius 1 is 1.08 bits per heavy atom. The van der Waals surface area contributed by atoms with E-state index in [-0.39, 0.29) is 11.3 Å². The predicted molar refractivity (Wildman–Crippen MR) is 82.3 cm³/mol. The maximum Gasteiger partial charge on any atom is 0.419 e. The van der Waals surface area contributed by atoms with E-state index in [0.717, 1.165) is 27.6 Å². The quantitative estimate of drug-likeness (QED) is 0.665. The first-order valence-electron chi connectivity index (χ1n) is 7.35. The fourth-order valence-electron chi connectivity index (χ4n) is 2.33. The van der Waals surface area contributed by atoms with Crippen LogP contribution >= 0.6 is 0 Å². The Balaban J connectivity index is 1.98. The van der Waals surface area contributed by atoms with Crippen LogP contribution in [0.2, 0.25) is 0 Å². The molecule has 1 heterocycles. The molecule has 0 aliphatic heterocycles. The third kappa shape index (κ3) is 3.30. The van der Waals surface area contributed by atoms with E-state index in [1.165, 1.54) is 31.3 Å². The van der Waals surface area contributed by atoms with Gasteiger partial charge in [-0.2, -0.15) is 22.5 Å². The van der Waals surface area contributed by atoms with Gasteiger partial charge in [-0.3, -0.25) is 0 Å². The standard InChI is InChI=1S/C16H12F4N4O2/c1-23-15(25)24(22-21-23)13-7-4-6-12(17)10(13)9-26-14-8-3-2-5-11(14)16(18,19)20/h2-8H,9H2,1H3. The Morgan fingerprint density at radius 2 is 1.81 bits per heavy atom. The summed E-state index contributed by atoms with van der Waals surface area (Å²) >= 11 is 0. The number of ether oxygens (including phenoxy) is 1. The van der Waals surface area contributed by atoms with Crippen LogP contribution in [0.1, 0.15) is 11.1 Å². The van der Waals surface area contributed by atoms with Crippen LogP contribution < -0.4 is 10.4 Å². The lowest BCUT2D eigenvalue weighted by molar-refractivity contribution is -0.139. The maximum absolute atomic E-state index is 14.2. The monoisotopic (exact) mass is 368 g/mol. The molecule has 0 atom stereocenters. The van der Waals surface area contributed by atoms with E-state index in [2.05, 4.69) is 10.4 Å². The fourth-order valence-corrected chi connectivity index (χ4v) is 2.33. The Bertz CT molecular complexity index is 994. The molecule has 0 saturated heterocycles. The summed E-state index contributed by atoms with van der Waals surface area (Å²) < 4.78 is 60.3. The van der Waals surface area contributed by atoms with Crippen molar-refractivity contribution in [3.8, 4) is 11.4 Å². The second kappa shape index (κ2) is 6.62. The van der Waals surface area contributed by atoms with Crippen molar-refractivity contribution in [2.45, 2.75) is 12.8 Å². The number of halogens is 4. The number of rotatable bonds is 4. The van der Waals surface area contributed by atoms with E-state index in [1.54, 1.807) is 0 Å². The van der Waals surface area contributed by atoms with Gasteiger partial charge in [0, 0.05) is 7.05 Å². The molecular formula is C16H12F4N4O2. The molecule has 10 heteroatoms. The Hall–Kier alpha value is -3.17. The smallest absolute Gasteiger partial charge is 0.419 e. The van der Waals surface area contributed by atoms with Crippen molar-refractivity contribution < 1.29 is 22.3 Å². The summed E-state index contributed by atoms with van der Waals surface area (Å²) in [6.45, 7) is -0.530. The van der Waals surface area contributed by atoms with Gasteiger partial charge in [0.1, 0.15) is 18.2 Å². The van der Waals surface area contributed by atoms with Crippen molar-refractivity contribution in [1.29, 1.82) is 0 Å². The van der Waals surface area contributed by atoms with Crippen molar-refractivity contribution in [2.75, 3.05) is 0 Å². The lowest BCUT2D eigenvalue weighted by Crippen LogP contribution is -2.23. The van der Waals surface area contributed by atoms with Gasteiger partial charge in [0.15, 0.2) is 0 Å². The van der Waals surface area contributed by atoms with E-state index in [1.807, 2.05) is 0 Å². The van der Waals surface area contributed by atoms with Crippen LogP contribution in [0, 0.1) is 5.82 Å². The molecule has 0 fully saturated rings. The molecule has 0 amide bonds. The summed E-state index contributed by atoms with van der Waals surface area (Å²) in [5.41, 5.74) is -1.69. The zero-order chi connectivity index (χ0) is 18.9. The normalized spacial score (nSPS) is 11.6. The first-order chi connectivity index (χ1) is 12.3. The van der Waals surface area contributed by atoms with Crippen molar-refractivity contribution in [1.82, 2.24) is 19.8 Å². The number of nitrogens with zero attached hydrogens (tertiary/aromatic N) is 4. The summed E-state index contributed by atoms with van der Waals surface area (Å²) in [4.78, 5) is 12.0. The zero-order valence-corrected chi connectivity index (χ0v) is 13.4. The molecule has 3 rings (SSSR count). The molecule has 0 saturated carbocycles. The van der Waals surface area contributed by atoms with Gasteiger partial charge < -0.3 is 4.74 Å². The Kier molecular flexibility index (Phi) is 4.49. The topological polar surface area (TPSA) is 61.9 Å². The third-order valence-electron chi connectivity index (χ3n) is 3.61. The van der Waals surface area contributed by atoms with E-state index in [9.17, 15) is 22.4 Å². The van der Waals surface area contributed by atoms with Crippen molar-refractivity contribution in [2.24, 2.45) is 7.05 Å². The molecule has 0 spiro atoms. The Labute approximate surface area is 144 Å². The molecule has 3 aromatic rings. The molecule has 0 unspecified atom stereocenters. The molecule has 0 N–H and O–H groups in total. The van der Waals surface area contributed by atoms with Gasteiger partial charge in [-0.15, -0.1) is 0 Å². The van der Waals surface area contributed by atoms with Crippen molar-refractivity contribution in [3.63, 3.8) is 0 Å². The SMILES string of the molecule is Cn1nnn(-c2cccc(F)c2COc2ccccc2C(F)(F)F)c1=O. The van der Waals surface area contributed by atoms with E-state index < -0.39 is 35.6 Å². The molecule has 0 radical (unpaired) electrons. The number of aromatic nitrogens is 4. The summed E-state index contributed by atoms with van der Waals surface area (Å²) in [7, 11) is 1.36. The highest BCUT2D eigenvalue weighted by molar-refractivity contribution is 5.41. The molecule has 0 aliphatic rings. The maximum atomic E-state index is 14.2. The lowest BCUT2D eigenvalue weighted by atomic mass is 10.1. The second-order valence-corrected chi connectivity index (χ2v) is 5.32. The largest absolute Gasteiger partial charge is 0.488 e. The van der Waals surface area contributed by atoms with E-state index in [0.29, 0.717) is 0 Å². The van der Waals surface area contributed by atoms with Crippen LogP contribution in [0.25, 0.3) is 5.69 Å². The number of para-hydroxylation sites is 1. The summed E-state index contributed by atoms with van der Waals surface area (Å²) in [5.74, 6) is -1.19. The van der Waals surface area contributed by atoms with Gasteiger partial charge in [0.25, 0.3) is 0 Å². The van der Waals surface area contributed by atoms with E-state index >= 15 is 0 Å². The number of tetrazole rings is 1. The highest BCUT2D eigenvalue weighted by atomic mass is 19.4. The van der Waals surface area contributed by atoms with Gasteiger partial charge in [-0.05, 0) is 34.7 Å². The first kappa shape index (κ1) is 17.6. The van der Waals surface area contributed by atoms with Crippen molar-refractivity contribution in [3.05, 3.63) is 69.9 Å². The number of aryl methyl sites for hydroxylation is 1. The highest BCUT2D eigenvalue weighted by Crippen LogP contribution is 2.36. The molecule has 26 heavy (non-hydrogen) atoms. The van der Waals surface area contributed by atoms with Gasteiger partial charge in [0.05, 0.1) is 16.8 Å². The second-order valence-electron chi connectivity index (χ2n) is 5.32. The van der Waals surface area contributed by atoms with Crippen LogP contribution in [0.15, 0.2) is 47.3 Å². The van der Waals surface area contributed by atoms with Gasteiger partial charge in [0.2, 0.25) is 0 Å². The minimum absolute atomic E-state index is 0.0348. The predicted octanol–water partition coefficient (Wildman–Crippen LogP) is 2.70. The summed E-state index contributed by atoms with van der Waals surface area (Å²) in [6.07, 6.45) is -4.61. The van der Waals surface area contributed by atoms with Crippen LogP contribution in [0.3, 0.4) is 0 Å². The summed E-state index contributed by atoms with van der Waals surface area (Å²) in [6, 6.07) is 8.46. The average Bonchev–Trinajstić information content (AvgIpc) is 2.92. The minimum atomic E-state index is -4.61. The average molecular weight is 368 g/mol. The number of hydrogen-bond donors (Lipinski definition) is 0. The molecule has 6 nitrogen and oxygen atoms in total. The van der Waals surface area contributed by atoms with Crippen molar-refractivity contribution >= 4 is 0 Å². The molecule has 1 aromatic heterocycles. The summed E-state index contributed by atoms with van der Waals surface area (Å²) in [5, 5.41) is 7.15.